The van der Waals surface area contributed by atoms with Crippen molar-refractivity contribution in [3.05, 3.63) is 29.8 Å². The Hall–Kier alpha value is -1.57. The fraction of sp³-hybridized carbons (Fsp3) is 0.533. The van der Waals surface area contributed by atoms with Gasteiger partial charge in [0.15, 0.2) is 5.60 Å². The number of benzene rings is 1. The van der Waals surface area contributed by atoms with Crippen LogP contribution in [0.3, 0.4) is 0 Å². The van der Waals surface area contributed by atoms with Crippen molar-refractivity contribution in [3.8, 4) is 11.8 Å². The van der Waals surface area contributed by atoms with Crippen LogP contribution in [-0.4, -0.2) is 30.0 Å². The van der Waals surface area contributed by atoms with E-state index in [1.54, 1.807) is 27.9 Å². The van der Waals surface area contributed by atoms with Crippen LogP contribution in [-0.2, 0) is 11.2 Å². The highest BCUT2D eigenvalue weighted by Crippen LogP contribution is 2.21. The maximum atomic E-state index is 9.46. The average molecular weight is 263 g/mol. The van der Waals surface area contributed by atoms with Crippen molar-refractivity contribution in [1.82, 2.24) is 0 Å². The number of aliphatic hydroxyl groups is 1. The Balaban J connectivity index is 2.77. The van der Waals surface area contributed by atoms with Crippen molar-refractivity contribution >= 4 is 0 Å². The van der Waals surface area contributed by atoms with Gasteiger partial charge in [0.2, 0.25) is 0 Å². The molecular formula is C15H21NO3. The highest BCUT2D eigenvalue weighted by molar-refractivity contribution is 5.29. The zero-order valence-corrected chi connectivity index (χ0v) is 11.9. The lowest BCUT2D eigenvalue weighted by Crippen LogP contribution is -2.37. The first kappa shape index (κ1) is 15.5. The molecule has 1 N–H and O–H groups in total. The molecule has 0 saturated carbocycles. The number of hydrogen-bond donors (Lipinski definition) is 1. The van der Waals surface area contributed by atoms with Gasteiger partial charge in [-0.15, -0.1) is 0 Å². The van der Waals surface area contributed by atoms with E-state index < -0.39 is 11.7 Å². The summed E-state index contributed by atoms with van der Waals surface area (Å²) in [6, 6.07) is 9.70. The van der Waals surface area contributed by atoms with Crippen molar-refractivity contribution in [2.45, 2.75) is 45.0 Å². The van der Waals surface area contributed by atoms with E-state index >= 15 is 0 Å². The molecule has 19 heavy (non-hydrogen) atoms. The van der Waals surface area contributed by atoms with E-state index in [1.165, 1.54) is 0 Å². The predicted octanol–water partition coefficient (Wildman–Crippen LogP) is 2.31. The van der Waals surface area contributed by atoms with Gasteiger partial charge in [-0.05, 0) is 38.5 Å². The van der Waals surface area contributed by atoms with Crippen molar-refractivity contribution in [2.75, 3.05) is 7.11 Å². The molecule has 0 aliphatic rings. The van der Waals surface area contributed by atoms with Gasteiger partial charge in [-0.25, -0.2) is 0 Å². The zero-order valence-electron chi connectivity index (χ0n) is 11.9. The first-order valence-electron chi connectivity index (χ1n) is 6.30. The summed E-state index contributed by atoms with van der Waals surface area (Å²) in [5, 5.41) is 18.8. The third kappa shape index (κ3) is 4.55. The highest BCUT2D eigenvalue weighted by atomic mass is 16.5. The Morgan fingerprint density at radius 2 is 1.89 bits per heavy atom. The monoisotopic (exact) mass is 263 g/mol. The molecule has 3 atom stereocenters. The van der Waals surface area contributed by atoms with Gasteiger partial charge in [-0.2, -0.15) is 5.26 Å². The smallest absolute Gasteiger partial charge is 0.155 e. The van der Waals surface area contributed by atoms with E-state index in [-0.39, 0.29) is 6.10 Å². The Morgan fingerprint density at radius 3 is 2.32 bits per heavy atom. The number of rotatable bonds is 6. The molecule has 0 aliphatic carbocycles. The molecule has 4 heteroatoms. The lowest BCUT2D eigenvalue weighted by Gasteiger charge is -2.28. The minimum absolute atomic E-state index is 0.386. The van der Waals surface area contributed by atoms with Gasteiger partial charge in [0.05, 0.1) is 25.4 Å². The Labute approximate surface area is 114 Å². The van der Waals surface area contributed by atoms with Gasteiger partial charge in [-0.3, -0.25) is 0 Å². The molecule has 1 aromatic rings. The SMILES string of the molecule is COc1ccc(CC(C)(C#N)OC(C)C(C)O)cc1. The second-order valence-electron chi connectivity index (χ2n) is 4.93. The minimum atomic E-state index is -0.953. The maximum absolute atomic E-state index is 9.46. The topological polar surface area (TPSA) is 62.5 Å². The molecule has 4 nitrogen and oxygen atoms in total. The van der Waals surface area contributed by atoms with Gasteiger partial charge >= 0.3 is 0 Å². The summed E-state index contributed by atoms with van der Waals surface area (Å²) in [7, 11) is 1.61. The van der Waals surface area contributed by atoms with E-state index in [0.717, 1.165) is 11.3 Å². The Bertz CT molecular complexity index is 436. The lowest BCUT2D eigenvalue weighted by molar-refractivity contribution is -0.0868. The molecule has 1 aromatic carbocycles. The van der Waals surface area contributed by atoms with E-state index in [2.05, 4.69) is 6.07 Å². The standard InChI is InChI=1S/C15H21NO3/c1-11(17)12(2)19-15(3,10-16)9-13-5-7-14(18-4)8-6-13/h5-8,11-12,17H,9H2,1-4H3. The van der Waals surface area contributed by atoms with E-state index in [9.17, 15) is 10.4 Å². The fourth-order valence-electron chi connectivity index (χ4n) is 1.75. The Morgan fingerprint density at radius 1 is 1.32 bits per heavy atom. The summed E-state index contributed by atoms with van der Waals surface area (Å²) < 4.78 is 10.8. The van der Waals surface area contributed by atoms with E-state index in [1.807, 2.05) is 24.3 Å². The van der Waals surface area contributed by atoms with Crippen LogP contribution in [0.15, 0.2) is 24.3 Å². The van der Waals surface area contributed by atoms with Crippen molar-refractivity contribution < 1.29 is 14.6 Å². The average Bonchev–Trinajstić information content (AvgIpc) is 2.39. The van der Waals surface area contributed by atoms with Crippen LogP contribution in [0.5, 0.6) is 5.75 Å². The number of ether oxygens (including phenoxy) is 2. The summed E-state index contributed by atoms with van der Waals surface area (Å²) in [4.78, 5) is 0. The molecule has 0 heterocycles. The fourth-order valence-corrected chi connectivity index (χ4v) is 1.75. The van der Waals surface area contributed by atoms with Crippen molar-refractivity contribution in [3.63, 3.8) is 0 Å². The Kier molecular flexibility index (Phi) is 5.34. The van der Waals surface area contributed by atoms with Crippen LogP contribution >= 0.6 is 0 Å². The molecular weight excluding hydrogens is 242 g/mol. The molecule has 104 valence electrons. The summed E-state index contributed by atoms with van der Waals surface area (Å²) >= 11 is 0. The number of methoxy groups -OCH3 is 1. The second kappa shape index (κ2) is 6.55. The number of nitriles is 1. The van der Waals surface area contributed by atoms with Crippen LogP contribution in [0.2, 0.25) is 0 Å². The molecule has 0 aromatic heterocycles. The van der Waals surface area contributed by atoms with Crippen LogP contribution in [0, 0.1) is 11.3 Å². The third-order valence-electron chi connectivity index (χ3n) is 3.06. The molecule has 3 unspecified atom stereocenters. The van der Waals surface area contributed by atoms with Gasteiger partial charge in [-0.1, -0.05) is 12.1 Å². The van der Waals surface area contributed by atoms with Gasteiger partial charge in [0, 0.05) is 6.42 Å². The van der Waals surface area contributed by atoms with E-state index in [4.69, 9.17) is 9.47 Å². The summed E-state index contributed by atoms with van der Waals surface area (Å²) in [5.41, 5.74) is 0.0352. The third-order valence-corrected chi connectivity index (χ3v) is 3.06. The largest absolute Gasteiger partial charge is 0.497 e. The molecule has 0 aliphatic heterocycles. The minimum Gasteiger partial charge on any atom is -0.497 e. The number of hydrogen-bond acceptors (Lipinski definition) is 4. The molecule has 0 saturated heterocycles. The highest BCUT2D eigenvalue weighted by Gasteiger charge is 2.29. The zero-order chi connectivity index (χ0) is 14.5. The van der Waals surface area contributed by atoms with Crippen molar-refractivity contribution in [2.24, 2.45) is 0 Å². The second-order valence-corrected chi connectivity index (χ2v) is 4.93. The summed E-state index contributed by atoms with van der Waals surface area (Å²) in [5.74, 6) is 0.778. The lowest BCUT2D eigenvalue weighted by atomic mass is 9.97. The molecule has 0 radical (unpaired) electrons. The van der Waals surface area contributed by atoms with Crippen LogP contribution < -0.4 is 4.74 Å². The van der Waals surface area contributed by atoms with Crippen LogP contribution in [0.4, 0.5) is 0 Å². The predicted molar refractivity (Wildman–Crippen MR) is 72.9 cm³/mol. The van der Waals surface area contributed by atoms with E-state index in [0.29, 0.717) is 6.42 Å². The summed E-state index contributed by atoms with van der Waals surface area (Å²) in [6.45, 7) is 5.14. The summed E-state index contributed by atoms with van der Waals surface area (Å²) in [6.07, 6.45) is -0.531. The van der Waals surface area contributed by atoms with Crippen molar-refractivity contribution in [1.29, 1.82) is 5.26 Å². The molecule has 0 bridgehead atoms. The first-order valence-corrected chi connectivity index (χ1v) is 6.30. The van der Waals surface area contributed by atoms with Gasteiger partial charge < -0.3 is 14.6 Å². The quantitative estimate of drug-likeness (QED) is 0.855. The number of nitrogens with zero attached hydrogens (tertiary/aromatic N) is 1. The number of aliphatic hydroxyl groups excluding tert-OH is 1. The van der Waals surface area contributed by atoms with Gasteiger partial charge in [0.25, 0.3) is 0 Å². The molecule has 0 spiro atoms. The maximum Gasteiger partial charge on any atom is 0.155 e. The normalized spacial score (nSPS) is 17.1. The first-order chi connectivity index (χ1) is 8.90. The van der Waals surface area contributed by atoms with Crippen LogP contribution in [0.25, 0.3) is 0 Å². The molecule has 0 amide bonds. The molecule has 0 fully saturated rings. The molecule has 1 rings (SSSR count). The van der Waals surface area contributed by atoms with Gasteiger partial charge in [0.1, 0.15) is 5.75 Å². The van der Waals surface area contributed by atoms with Crippen LogP contribution in [0.1, 0.15) is 26.3 Å².